The Balaban J connectivity index is 1.69. The minimum absolute atomic E-state index is 0.282. The van der Waals surface area contributed by atoms with Gasteiger partial charge in [0.15, 0.2) is 11.6 Å². The first-order valence-corrected chi connectivity index (χ1v) is 9.94. The maximum Gasteiger partial charge on any atom is 0.277 e. The SMILES string of the molecule is O=C(NOCC(O)CN1CCOCC1)c1cc(Cl)c(F)c(F)c1Nc1ccc(F)cc1F. The summed E-state index contributed by atoms with van der Waals surface area (Å²) in [4.78, 5) is 19.4. The maximum absolute atomic E-state index is 14.5. The molecule has 174 valence electrons. The lowest BCUT2D eigenvalue weighted by atomic mass is 10.1. The number of hydrogen-bond acceptors (Lipinski definition) is 6. The van der Waals surface area contributed by atoms with Crippen LogP contribution < -0.4 is 10.8 Å². The number of rotatable bonds is 8. The highest BCUT2D eigenvalue weighted by Crippen LogP contribution is 2.32. The summed E-state index contributed by atoms with van der Waals surface area (Å²) in [5, 5.41) is 11.6. The predicted octanol–water partition coefficient (Wildman–Crippen LogP) is 2.99. The van der Waals surface area contributed by atoms with Gasteiger partial charge in [0.05, 0.1) is 41.3 Å². The van der Waals surface area contributed by atoms with E-state index in [9.17, 15) is 27.5 Å². The largest absolute Gasteiger partial charge is 0.389 e. The molecule has 32 heavy (non-hydrogen) atoms. The van der Waals surface area contributed by atoms with Gasteiger partial charge in [-0.1, -0.05) is 11.6 Å². The first kappa shape index (κ1) is 24.2. The lowest BCUT2D eigenvalue weighted by Crippen LogP contribution is -2.42. The third kappa shape index (κ3) is 6.08. The lowest BCUT2D eigenvalue weighted by Gasteiger charge is -2.28. The Morgan fingerprint density at radius 3 is 2.59 bits per heavy atom. The molecule has 1 atom stereocenters. The zero-order valence-corrected chi connectivity index (χ0v) is 17.4. The molecule has 7 nitrogen and oxygen atoms in total. The fraction of sp³-hybridized carbons (Fsp3) is 0.350. The highest BCUT2D eigenvalue weighted by Gasteiger charge is 2.24. The second-order valence-corrected chi connectivity index (χ2v) is 7.37. The van der Waals surface area contributed by atoms with Gasteiger partial charge in [0.2, 0.25) is 0 Å². The Hall–Kier alpha value is -2.44. The monoisotopic (exact) mass is 477 g/mol. The molecule has 0 radical (unpaired) electrons. The molecule has 2 aromatic carbocycles. The second-order valence-electron chi connectivity index (χ2n) is 6.97. The number of aliphatic hydroxyl groups is 1. The Morgan fingerprint density at radius 2 is 1.91 bits per heavy atom. The molecular weight excluding hydrogens is 458 g/mol. The molecular formula is C20H20ClF4N3O4. The number of morpholine rings is 1. The third-order valence-corrected chi connectivity index (χ3v) is 4.89. The van der Waals surface area contributed by atoms with Gasteiger partial charge in [0.25, 0.3) is 5.91 Å². The van der Waals surface area contributed by atoms with Crippen molar-refractivity contribution < 1.29 is 37.0 Å². The lowest BCUT2D eigenvalue weighted by molar-refractivity contribution is -0.0362. The smallest absolute Gasteiger partial charge is 0.277 e. The molecule has 1 unspecified atom stereocenters. The number of amides is 1. The van der Waals surface area contributed by atoms with Gasteiger partial charge < -0.3 is 15.2 Å². The fourth-order valence-electron chi connectivity index (χ4n) is 3.01. The van der Waals surface area contributed by atoms with Crippen LogP contribution in [0.5, 0.6) is 0 Å². The molecule has 0 spiro atoms. The van der Waals surface area contributed by atoms with Crippen LogP contribution in [0.1, 0.15) is 10.4 Å². The van der Waals surface area contributed by atoms with E-state index in [0.717, 1.165) is 18.2 Å². The number of nitrogens with zero attached hydrogens (tertiary/aromatic N) is 1. The van der Waals surface area contributed by atoms with E-state index >= 15 is 0 Å². The molecule has 1 saturated heterocycles. The number of benzene rings is 2. The van der Waals surface area contributed by atoms with Crippen LogP contribution >= 0.6 is 11.6 Å². The molecule has 0 saturated carbocycles. The summed E-state index contributed by atoms with van der Waals surface area (Å²) >= 11 is 5.64. The molecule has 1 aliphatic rings. The van der Waals surface area contributed by atoms with Crippen molar-refractivity contribution in [2.75, 3.05) is 44.8 Å². The van der Waals surface area contributed by atoms with Gasteiger partial charge >= 0.3 is 0 Å². The fourth-order valence-corrected chi connectivity index (χ4v) is 3.21. The summed E-state index contributed by atoms with van der Waals surface area (Å²) in [6, 6.07) is 3.21. The summed E-state index contributed by atoms with van der Waals surface area (Å²) in [7, 11) is 0. The minimum atomic E-state index is -1.54. The van der Waals surface area contributed by atoms with E-state index in [2.05, 4.69) is 5.32 Å². The normalized spacial score (nSPS) is 15.4. The molecule has 0 aromatic heterocycles. The third-order valence-electron chi connectivity index (χ3n) is 4.61. The van der Waals surface area contributed by atoms with Gasteiger partial charge in [-0.3, -0.25) is 14.5 Å². The zero-order valence-electron chi connectivity index (χ0n) is 16.6. The number of hydrogen-bond donors (Lipinski definition) is 3. The Labute approximate surface area is 185 Å². The van der Waals surface area contributed by atoms with Crippen molar-refractivity contribution in [3.63, 3.8) is 0 Å². The van der Waals surface area contributed by atoms with E-state index < -0.39 is 57.2 Å². The first-order valence-electron chi connectivity index (χ1n) is 9.56. The number of carbonyl (C=O) groups is 1. The number of hydroxylamine groups is 1. The minimum Gasteiger partial charge on any atom is -0.389 e. The number of aliphatic hydroxyl groups excluding tert-OH is 1. The average molecular weight is 478 g/mol. The van der Waals surface area contributed by atoms with Crippen LogP contribution in [0.15, 0.2) is 24.3 Å². The van der Waals surface area contributed by atoms with Crippen molar-refractivity contribution in [2.24, 2.45) is 0 Å². The molecule has 1 amide bonds. The number of nitrogens with one attached hydrogen (secondary N) is 2. The van der Waals surface area contributed by atoms with Crippen molar-refractivity contribution in [2.45, 2.75) is 6.10 Å². The van der Waals surface area contributed by atoms with Crippen LogP contribution in [0.2, 0.25) is 5.02 Å². The van der Waals surface area contributed by atoms with Gasteiger partial charge in [-0.15, -0.1) is 0 Å². The van der Waals surface area contributed by atoms with Crippen LogP contribution in [0, 0.1) is 23.3 Å². The molecule has 3 rings (SSSR count). The molecule has 1 aliphatic heterocycles. The van der Waals surface area contributed by atoms with E-state index in [-0.39, 0.29) is 13.2 Å². The number of ether oxygens (including phenoxy) is 1. The summed E-state index contributed by atoms with van der Waals surface area (Å²) < 4.78 is 60.7. The van der Waals surface area contributed by atoms with Crippen LogP contribution in [0.25, 0.3) is 0 Å². The Kier molecular flexibility index (Phi) is 8.26. The van der Waals surface area contributed by atoms with Gasteiger partial charge in [0.1, 0.15) is 18.2 Å². The van der Waals surface area contributed by atoms with Gasteiger partial charge in [0, 0.05) is 25.7 Å². The van der Waals surface area contributed by atoms with Gasteiger partial charge in [-0.25, -0.2) is 23.0 Å². The molecule has 12 heteroatoms. The van der Waals surface area contributed by atoms with Crippen molar-refractivity contribution in [3.05, 3.63) is 58.1 Å². The summed E-state index contributed by atoms with van der Waals surface area (Å²) in [6.07, 6.45) is -0.937. The summed E-state index contributed by atoms with van der Waals surface area (Å²) in [6.45, 7) is 2.39. The number of β-amino-alcohol motifs (C(OH)–C–C–N with tert-alkyl or cyclic N) is 1. The second kappa shape index (κ2) is 10.9. The number of halogens is 5. The number of carbonyl (C=O) groups excluding carboxylic acids is 1. The van der Waals surface area contributed by atoms with Gasteiger partial charge in [-0.05, 0) is 18.2 Å². The van der Waals surface area contributed by atoms with Gasteiger partial charge in [-0.2, -0.15) is 0 Å². The molecule has 3 N–H and O–H groups in total. The summed E-state index contributed by atoms with van der Waals surface area (Å²) in [5.41, 5.74) is 0.378. The van der Waals surface area contributed by atoms with E-state index in [4.69, 9.17) is 21.2 Å². The maximum atomic E-state index is 14.5. The molecule has 1 fully saturated rings. The quantitative estimate of drug-likeness (QED) is 0.308. The standard InChI is InChI=1S/C20H20ClF4N3O4/c21-14-8-13(20(30)27-32-10-12(29)9-28-3-5-31-6-4-28)19(18(25)17(14)24)26-16-2-1-11(22)7-15(16)23/h1-2,7-8,12,26,29H,3-6,9-10H2,(H,27,30). The highest BCUT2D eigenvalue weighted by molar-refractivity contribution is 6.31. The van der Waals surface area contributed by atoms with Crippen LogP contribution in [-0.4, -0.2) is 61.5 Å². The van der Waals surface area contributed by atoms with Crippen molar-refractivity contribution >= 4 is 28.9 Å². The van der Waals surface area contributed by atoms with Crippen molar-refractivity contribution in [1.29, 1.82) is 0 Å². The average Bonchev–Trinajstić information content (AvgIpc) is 2.76. The molecule has 2 aromatic rings. The van der Waals surface area contributed by atoms with Crippen molar-refractivity contribution in [1.82, 2.24) is 10.4 Å². The van der Waals surface area contributed by atoms with Crippen molar-refractivity contribution in [3.8, 4) is 0 Å². The highest BCUT2D eigenvalue weighted by atomic mass is 35.5. The topological polar surface area (TPSA) is 83.1 Å². The molecule has 0 bridgehead atoms. The number of anilines is 2. The van der Waals surface area contributed by atoms with Crippen LogP contribution in [0.3, 0.4) is 0 Å². The Morgan fingerprint density at radius 1 is 1.19 bits per heavy atom. The summed E-state index contributed by atoms with van der Waals surface area (Å²) in [5.74, 6) is -6.00. The first-order chi connectivity index (χ1) is 15.3. The molecule has 1 heterocycles. The van der Waals surface area contributed by atoms with E-state index in [1.807, 2.05) is 10.4 Å². The van der Waals surface area contributed by atoms with E-state index in [1.165, 1.54) is 0 Å². The van der Waals surface area contributed by atoms with E-state index in [1.54, 1.807) is 0 Å². The Bertz CT molecular complexity index is 976. The predicted molar refractivity (Wildman–Crippen MR) is 108 cm³/mol. The molecule has 0 aliphatic carbocycles. The van der Waals surface area contributed by atoms with E-state index in [0.29, 0.717) is 32.4 Å². The van der Waals surface area contributed by atoms with Crippen LogP contribution in [-0.2, 0) is 9.57 Å². The zero-order chi connectivity index (χ0) is 23.3. The van der Waals surface area contributed by atoms with Crippen LogP contribution in [0.4, 0.5) is 28.9 Å².